The molecule has 0 saturated heterocycles. The van der Waals surface area contributed by atoms with Crippen molar-refractivity contribution in [2.24, 2.45) is 0 Å². The van der Waals surface area contributed by atoms with Crippen LogP contribution in [0.3, 0.4) is 0 Å². The molecule has 0 saturated carbocycles. The number of benzene rings is 1. The third-order valence-corrected chi connectivity index (χ3v) is 4.27. The minimum atomic E-state index is 1.03. The van der Waals surface area contributed by atoms with Crippen LogP contribution in [0.2, 0.25) is 0 Å². The second kappa shape index (κ2) is 5.23. The van der Waals surface area contributed by atoms with E-state index in [0.29, 0.717) is 0 Å². The van der Waals surface area contributed by atoms with Crippen molar-refractivity contribution in [3.8, 4) is 0 Å². The number of nitrogens with zero attached hydrogens (tertiary/aromatic N) is 1. The molecule has 1 heterocycles. The molecule has 0 aliphatic rings. The van der Waals surface area contributed by atoms with Crippen molar-refractivity contribution in [2.45, 2.75) is 30.7 Å². The van der Waals surface area contributed by atoms with Crippen LogP contribution in [0.25, 0.3) is 0 Å². The van der Waals surface area contributed by atoms with Crippen LogP contribution in [0.5, 0.6) is 0 Å². The first-order valence-electron chi connectivity index (χ1n) is 5.43. The molecule has 1 nitrogen and oxygen atoms in total. The van der Waals surface area contributed by atoms with Gasteiger partial charge in [-0.1, -0.05) is 29.5 Å². The summed E-state index contributed by atoms with van der Waals surface area (Å²) in [4.78, 5) is 5.72. The van der Waals surface area contributed by atoms with Gasteiger partial charge in [0, 0.05) is 15.6 Å². The first-order valence-corrected chi connectivity index (χ1v) is 7.04. The number of pyridine rings is 1. The zero-order valence-corrected chi connectivity index (χ0v) is 12.5. The first-order chi connectivity index (χ1) is 8.06. The van der Waals surface area contributed by atoms with Gasteiger partial charge in [-0.25, -0.2) is 4.98 Å². The predicted octanol–water partition coefficient (Wildman–Crippen LogP) is 4.92. The van der Waals surface area contributed by atoms with Crippen molar-refractivity contribution in [1.29, 1.82) is 0 Å². The Hall–Kier alpha value is -0.800. The maximum atomic E-state index is 4.45. The number of aryl methyl sites for hydroxylation is 3. The van der Waals surface area contributed by atoms with Crippen LogP contribution in [-0.2, 0) is 0 Å². The van der Waals surface area contributed by atoms with E-state index in [1.54, 1.807) is 11.8 Å². The van der Waals surface area contributed by atoms with Crippen molar-refractivity contribution in [2.75, 3.05) is 0 Å². The molecule has 88 valence electrons. The molecule has 1 aromatic carbocycles. The zero-order chi connectivity index (χ0) is 12.4. The zero-order valence-electron chi connectivity index (χ0n) is 10.1. The molecule has 17 heavy (non-hydrogen) atoms. The van der Waals surface area contributed by atoms with Crippen LogP contribution in [-0.4, -0.2) is 4.98 Å². The Morgan fingerprint density at radius 2 is 1.82 bits per heavy atom. The van der Waals surface area contributed by atoms with E-state index in [9.17, 15) is 0 Å². The lowest BCUT2D eigenvalue weighted by Crippen LogP contribution is -1.87. The molecule has 0 amide bonds. The topological polar surface area (TPSA) is 12.9 Å². The summed E-state index contributed by atoms with van der Waals surface area (Å²) < 4.78 is 1.03. The number of hydrogen-bond acceptors (Lipinski definition) is 2. The molecule has 0 atom stereocenters. The van der Waals surface area contributed by atoms with Gasteiger partial charge >= 0.3 is 0 Å². The molecule has 0 aliphatic heterocycles. The second-order valence-electron chi connectivity index (χ2n) is 4.15. The molecule has 0 radical (unpaired) electrons. The maximum Gasteiger partial charge on any atom is 0.104 e. The van der Waals surface area contributed by atoms with E-state index in [-0.39, 0.29) is 0 Å². The van der Waals surface area contributed by atoms with Gasteiger partial charge in [0.1, 0.15) is 5.03 Å². The highest BCUT2D eigenvalue weighted by Crippen LogP contribution is 2.32. The molecule has 0 N–H and O–H groups in total. The van der Waals surface area contributed by atoms with Crippen LogP contribution in [0, 0.1) is 20.8 Å². The molecular formula is C14H14BrNS. The molecule has 2 rings (SSSR count). The lowest BCUT2D eigenvalue weighted by molar-refractivity contribution is 1.07. The molecule has 1 aromatic heterocycles. The monoisotopic (exact) mass is 307 g/mol. The Kier molecular flexibility index (Phi) is 3.89. The molecule has 3 heteroatoms. The van der Waals surface area contributed by atoms with Gasteiger partial charge in [-0.3, -0.25) is 0 Å². The van der Waals surface area contributed by atoms with Gasteiger partial charge in [0.2, 0.25) is 0 Å². The molecule has 0 unspecified atom stereocenters. The summed E-state index contributed by atoms with van der Waals surface area (Å²) in [6, 6.07) is 8.61. The molecular weight excluding hydrogens is 294 g/mol. The Bertz CT molecular complexity index is 502. The van der Waals surface area contributed by atoms with E-state index in [1.807, 2.05) is 6.20 Å². The van der Waals surface area contributed by atoms with Crippen molar-refractivity contribution >= 4 is 27.7 Å². The van der Waals surface area contributed by atoms with Crippen LogP contribution >= 0.6 is 27.7 Å². The van der Waals surface area contributed by atoms with Crippen molar-refractivity contribution in [3.63, 3.8) is 0 Å². The Balaban J connectivity index is 2.31. The number of hydrogen-bond donors (Lipinski definition) is 0. The van der Waals surface area contributed by atoms with E-state index >= 15 is 0 Å². The summed E-state index contributed by atoms with van der Waals surface area (Å²) in [5.41, 5.74) is 3.80. The summed E-state index contributed by atoms with van der Waals surface area (Å²) in [6.07, 6.45) is 1.85. The summed E-state index contributed by atoms with van der Waals surface area (Å²) in [5.74, 6) is 0. The quantitative estimate of drug-likeness (QED) is 0.781. The summed E-state index contributed by atoms with van der Waals surface area (Å²) in [5, 5.41) is 1.07. The SMILES string of the molecule is Cc1ccc(Sc2ncc(Br)cc2C)c(C)c1. The van der Waals surface area contributed by atoms with Crippen LogP contribution in [0.15, 0.2) is 44.9 Å². The fourth-order valence-corrected chi connectivity index (χ4v) is 2.99. The average molecular weight is 308 g/mol. The molecule has 2 aromatic rings. The molecule has 0 bridgehead atoms. The van der Waals surface area contributed by atoms with Crippen LogP contribution in [0.1, 0.15) is 16.7 Å². The lowest BCUT2D eigenvalue weighted by Gasteiger charge is -2.08. The summed E-state index contributed by atoms with van der Waals surface area (Å²) >= 11 is 5.16. The summed E-state index contributed by atoms with van der Waals surface area (Å²) in [7, 11) is 0. The fourth-order valence-electron chi connectivity index (χ4n) is 1.65. The van der Waals surface area contributed by atoms with Gasteiger partial charge in [0.25, 0.3) is 0 Å². The number of aromatic nitrogens is 1. The minimum absolute atomic E-state index is 1.03. The van der Waals surface area contributed by atoms with E-state index in [2.05, 4.69) is 66.0 Å². The number of rotatable bonds is 2. The van der Waals surface area contributed by atoms with Gasteiger partial charge < -0.3 is 0 Å². The smallest absolute Gasteiger partial charge is 0.104 e. The standard InChI is InChI=1S/C14H14BrNS/c1-9-4-5-13(10(2)6-9)17-14-11(3)7-12(15)8-16-14/h4-8H,1-3H3. The van der Waals surface area contributed by atoms with E-state index in [4.69, 9.17) is 0 Å². The predicted molar refractivity (Wildman–Crippen MR) is 76.7 cm³/mol. The second-order valence-corrected chi connectivity index (χ2v) is 6.09. The maximum absolute atomic E-state index is 4.45. The van der Waals surface area contributed by atoms with Gasteiger partial charge in [0.05, 0.1) is 0 Å². The third-order valence-electron chi connectivity index (χ3n) is 2.53. The third kappa shape index (κ3) is 3.11. The van der Waals surface area contributed by atoms with E-state index in [0.717, 1.165) is 9.50 Å². The van der Waals surface area contributed by atoms with Gasteiger partial charge in [-0.05, 0) is 60.0 Å². The van der Waals surface area contributed by atoms with Crippen molar-refractivity contribution in [3.05, 3.63) is 51.6 Å². The van der Waals surface area contributed by atoms with Gasteiger partial charge in [0.15, 0.2) is 0 Å². The summed E-state index contributed by atoms with van der Waals surface area (Å²) in [6.45, 7) is 6.34. The highest BCUT2D eigenvalue weighted by molar-refractivity contribution is 9.10. The lowest BCUT2D eigenvalue weighted by atomic mass is 10.2. The largest absolute Gasteiger partial charge is 0.248 e. The van der Waals surface area contributed by atoms with E-state index < -0.39 is 0 Å². The molecule has 0 fully saturated rings. The molecule has 0 aliphatic carbocycles. The normalized spacial score (nSPS) is 10.6. The highest BCUT2D eigenvalue weighted by Gasteiger charge is 2.05. The fraction of sp³-hybridized carbons (Fsp3) is 0.214. The molecule has 0 spiro atoms. The van der Waals surface area contributed by atoms with Crippen molar-refractivity contribution in [1.82, 2.24) is 4.98 Å². The minimum Gasteiger partial charge on any atom is -0.248 e. The van der Waals surface area contributed by atoms with Crippen LogP contribution < -0.4 is 0 Å². The van der Waals surface area contributed by atoms with Gasteiger partial charge in [-0.15, -0.1) is 0 Å². The highest BCUT2D eigenvalue weighted by atomic mass is 79.9. The Morgan fingerprint density at radius 1 is 1.06 bits per heavy atom. The Labute approximate surface area is 115 Å². The first kappa shape index (κ1) is 12.7. The number of halogens is 1. The average Bonchev–Trinajstić information content (AvgIpc) is 2.25. The van der Waals surface area contributed by atoms with E-state index in [1.165, 1.54) is 21.6 Å². The van der Waals surface area contributed by atoms with Gasteiger partial charge in [-0.2, -0.15) is 0 Å². The van der Waals surface area contributed by atoms with Crippen molar-refractivity contribution < 1.29 is 0 Å². The Morgan fingerprint density at radius 3 is 2.47 bits per heavy atom. The van der Waals surface area contributed by atoms with Crippen LogP contribution in [0.4, 0.5) is 0 Å².